The largest absolute Gasteiger partial charge is 0.462 e. The highest BCUT2D eigenvalue weighted by Gasteiger charge is 2.19. The topological polar surface area (TPSA) is 78.9 Å². The third-order valence-corrected chi connectivity index (χ3v) is 10.3. The molecule has 0 saturated carbocycles. The number of carbonyl (C=O) groups excluding carboxylic acids is 3. The van der Waals surface area contributed by atoms with Gasteiger partial charge >= 0.3 is 17.9 Å². The highest BCUT2D eigenvalue weighted by Crippen LogP contribution is 2.13. The van der Waals surface area contributed by atoms with E-state index < -0.39 is 6.10 Å². The Balaban J connectivity index is 4.53. The van der Waals surface area contributed by atoms with Gasteiger partial charge in [-0.25, -0.2) is 0 Å². The molecule has 6 nitrogen and oxygen atoms in total. The molecule has 0 heterocycles. The van der Waals surface area contributed by atoms with Crippen LogP contribution in [0.2, 0.25) is 0 Å². The van der Waals surface area contributed by atoms with Gasteiger partial charge in [0.05, 0.1) is 0 Å². The van der Waals surface area contributed by atoms with Crippen molar-refractivity contribution in [2.24, 2.45) is 0 Å². The number of esters is 3. The third kappa shape index (κ3) is 48.8. The zero-order valence-corrected chi connectivity index (χ0v) is 41.0. The number of rotatable bonds is 44. The van der Waals surface area contributed by atoms with Gasteiger partial charge in [0.25, 0.3) is 0 Å². The molecule has 1 atom stereocenters. The molecule has 0 N–H and O–H groups in total. The second-order valence-electron chi connectivity index (χ2n) is 16.4. The molecule has 360 valence electrons. The van der Waals surface area contributed by atoms with Crippen molar-refractivity contribution in [2.75, 3.05) is 13.2 Å². The van der Waals surface area contributed by atoms with Crippen molar-refractivity contribution in [1.29, 1.82) is 0 Å². The van der Waals surface area contributed by atoms with Crippen molar-refractivity contribution in [3.05, 3.63) is 122 Å². The number of unbranched alkanes of at least 4 members (excludes halogenated alkanes) is 17. The minimum Gasteiger partial charge on any atom is -0.462 e. The van der Waals surface area contributed by atoms with Crippen molar-refractivity contribution in [2.45, 2.75) is 213 Å². The van der Waals surface area contributed by atoms with E-state index in [1.54, 1.807) is 0 Å². The third-order valence-electron chi connectivity index (χ3n) is 10.3. The van der Waals surface area contributed by atoms with Crippen LogP contribution in [0, 0.1) is 0 Å². The fourth-order valence-electron chi connectivity index (χ4n) is 6.51. The van der Waals surface area contributed by atoms with Crippen LogP contribution >= 0.6 is 0 Å². The van der Waals surface area contributed by atoms with Gasteiger partial charge in [-0.05, 0) is 103 Å². The Morgan fingerprint density at radius 2 is 0.688 bits per heavy atom. The summed E-state index contributed by atoms with van der Waals surface area (Å²) >= 11 is 0. The minimum atomic E-state index is -0.816. The quantitative estimate of drug-likeness (QED) is 0.0199. The van der Waals surface area contributed by atoms with Crippen molar-refractivity contribution < 1.29 is 28.6 Å². The average molecular weight is 885 g/mol. The van der Waals surface area contributed by atoms with Crippen LogP contribution in [0.1, 0.15) is 207 Å². The van der Waals surface area contributed by atoms with E-state index in [4.69, 9.17) is 14.2 Å². The first-order valence-electron chi connectivity index (χ1n) is 25.6. The van der Waals surface area contributed by atoms with E-state index >= 15 is 0 Å². The molecule has 0 radical (unpaired) electrons. The standard InChI is InChI=1S/C58H92O6/c1-4-7-10-13-16-19-22-25-28-29-31-33-36-39-42-45-48-51-57(60)63-54-55(53-62-56(59)50-47-44-41-38-35-32-27-24-21-18-15-12-9-6-3)64-58(61)52-49-46-43-40-37-34-30-26-23-20-17-14-11-8-5-2/h8-9,11-12,14,16-21,23,25-28,30,32,34,37,55H,4-7,10,13,15,22,24,29,31,33,35-36,38-54H2,1-3H3/b11-8-,12-9-,17-14-,19-16-,21-18-,23-20-,28-25-,30-26-,32-27-,37-34-. The van der Waals surface area contributed by atoms with Crippen LogP contribution in [-0.2, 0) is 28.6 Å². The van der Waals surface area contributed by atoms with E-state index in [9.17, 15) is 14.4 Å². The molecule has 0 aromatic carbocycles. The maximum Gasteiger partial charge on any atom is 0.306 e. The highest BCUT2D eigenvalue weighted by molar-refractivity contribution is 5.71. The lowest BCUT2D eigenvalue weighted by Gasteiger charge is -2.18. The van der Waals surface area contributed by atoms with E-state index in [2.05, 4.69) is 93.7 Å². The molecule has 0 aliphatic carbocycles. The smallest absolute Gasteiger partial charge is 0.306 e. The molecule has 0 aromatic rings. The molecular formula is C58H92O6. The molecule has 0 amide bonds. The Morgan fingerprint density at radius 1 is 0.344 bits per heavy atom. The van der Waals surface area contributed by atoms with Crippen LogP contribution in [0.15, 0.2) is 122 Å². The fraction of sp³-hybridized carbons (Fsp3) is 0.603. The Bertz CT molecular complexity index is 1390. The van der Waals surface area contributed by atoms with Gasteiger partial charge in [0.15, 0.2) is 6.10 Å². The van der Waals surface area contributed by atoms with Gasteiger partial charge in [0.2, 0.25) is 0 Å². The Kier molecular flexibility index (Phi) is 48.1. The molecule has 0 rings (SSSR count). The summed E-state index contributed by atoms with van der Waals surface area (Å²) < 4.78 is 16.7. The second-order valence-corrected chi connectivity index (χ2v) is 16.4. The molecule has 0 saturated heterocycles. The van der Waals surface area contributed by atoms with Gasteiger partial charge in [-0.15, -0.1) is 0 Å². The number of carbonyl (C=O) groups is 3. The number of hydrogen-bond donors (Lipinski definition) is 0. The Morgan fingerprint density at radius 3 is 1.16 bits per heavy atom. The van der Waals surface area contributed by atoms with Crippen LogP contribution in [-0.4, -0.2) is 37.2 Å². The molecule has 0 fully saturated rings. The van der Waals surface area contributed by atoms with E-state index in [0.717, 1.165) is 109 Å². The lowest BCUT2D eigenvalue weighted by atomic mass is 10.1. The molecule has 1 unspecified atom stereocenters. The van der Waals surface area contributed by atoms with Gasteiger partial charge in [0.1, 0.15) is 13.2 Å². The van der Waals surface area contributed by atoms with Gasteiger partial charge in [-0.3, -0.25) is 14.4 Å². The molecule has 0 aliphatic heterocycles. The number of hydrogen-bond acceptors (Lipinski definition) is 6. The maximum absolute atomic E-state index is 12.8. The maximum atomic E-state index is 12.8. The fourth-order valence-corrected chi connectivity index (χ4v) is 6.51. The van der Waals surface area contributed by atoms with Crippen LogP contribution in [0.5, 0.6) is 0 Å². The van der Waals surface area contributed by atoms with Crippen molar-refractivity contribution in [1.82, 2.24) is 0 Å². The molecule has 0 aromatic heterocycles. The number of allylic oxidation sites excluding steroid dienone is 20. The summed E-state index contributed by atoms with van der Waals surface area (Å²) in [5.41, 5.74) is 0. The van der Waals surface area contributed by atoms with Gasteiger partial charge in [-0.1, -0.05) is 206 Å². The summed E-state index contributed by atoms with van der Waals surface area (Å²) in [6.07, 6.45) is 70.3. The van der Waals surface area contributed by atoms with Crippen molar-refractivity contribution >= 4 is 17.9 Å². The van der Waals surface area contributed by atoms with Crippen molar-refractivity contribution in [3.8, 4) is 0 Å². The average Bonchev–Trinajstić information content (AvgIpc) is 3.29. The van der Waals surface area contributed by atoms with Crippen LogP contribution < -0.4 is 0 Å². The lowest BCUT2D eigenvalue weighted by Crippen LogP contribution is -2.30. The van der Waals surface area contributed by atoms with E-state index in [-0.39, 0.29) is 37.5 Å². The summed E-state index contributed by atoms with van der Waals surface area (Å²) in [6.45, 7) is 6.27. The first kappa shape index (κ1) is 59.8. The van der Waals surface area contributed by atoms with Crippen LogP contribution in [0.4, 0.5) is 0 Å². The predicted molar refractivity (Wildman–Crippen MR) is 274 cm³/mol. The molecule has 64 heavy (non-hydrogen) atoms. The minimum absolute atomic E-state index is 0.111. The zero-order chi connectivity index (χ0) is 46.5. The second kappa shape index (κ2) is 51.4. The summed E-state index contributed by atoms with van der Waals surface area (Å²) in [4.78, 5) is 38.0. The van der Waals surface area contributed by atoms with Gasteiger partial charge in [0, 0.05) is 19.3 Å². The van der Waals surface area contributed by atoms with E-state index in [0.29, 0.717) is 19.3 Å². The lowest BCUT2D eigenvalue weighted by molar-refractivity contribution is -0.167. The van der Waals surface area contributed by atoms with Crippen LogP contribution in [0.25, 0.3) is 0 Å². The van der Waals surface area contributed by atoms with E-state index in [1.165, 1.54) is 51.4 Å². The highest BCUT2D eigenvalue weighted by atomic mass is 16.6. The number of ether oxygens (including phenoxy) is 3. The van der Waals surface area contributed by atoms with Gasteiger partial charge in [-0.2, -0.15) is 0 Å². The zero-order valence-electron chi connectivity index (χ0n) is 41.0. The normalized spacial score (nSPS) is 13.1. The van der Waals surface area contributed by atoms with Crippen LogP contribution in [0.3, 0.4) is 0 Å². The SMILES string of the molecule is CC\C=C/C=C\C=C/C=C\C=C/CCCCCC(=O)OC(COC(=O)CCCCCC/C=C\C/C=C\C/C=C\CC)COC(=O)CCCCCCCCC/C=C\C/C=C\CCCCC. The molecule has 0 aliphatic rings. The monoisotopic (exact) mass is 885 g/mol. The molecular weight excluding hydrogens is 793 g/mol. The molecule has 6 heteroatoms. The summed E-state index contributed by atoms with van der Waals surface area (Å²) in [6, 6.07) is 0. The summed E-state index contributed by atoms with van der Waals surface area (Å²) in [5, 5.41) is 0. The molecule has 0 bridgehead atoms. The summed E-state index contributed by atoms with van der Waals surface area (Å²) in [7, 11) is 0. The van der Waals surface area contributed by atoms with Crippen molar-refractivity contribution in [3.63, 3.8) is 0 Å². The predicted octanol–water partition coefficient (Wildman–Crippen LogP) is 16.9. The Labute approximate surface area is 392 Å². The Hall–Kier alpha value is -4.19. The van der Waals surface area contributed by atoms with Gasteiger partial charge < -0.3 is 14.2 Å². The first-order chi connectivity index (χ1) is 31.5. The van der Waals surface area contributed by atoms with E-state index in [1.807, 2.05) is 48.6 Å². The first-order valence-corrected chi connectivity index (χ1v) is 25.6. The molecule has 0 spiro atoms. The summed E-state index contributed by atoms with van der Waals surface area (Å²) in [5.74, 6) is -0.991.